The summed E-state index contributed by atoms with van der Waals surface area (Å²) in [5, 5.41) is 15.4. The van der Waals surface area contributed by atoms with Crippen molar-refractivity contribution in [1.29, 1.82) is 0 Å². The molecule has 5 rings (SSSR count). The molecule has 0 bridgehead atoms. The molecule has 2 saturated heterocycles. The summed E-state index contributed by atoms with van der Waals surface area (Å²) in [6.45, 7) is 7.42. The highest BCUT2D eigenvalue weighted by molar-refractivity contribution is 7.89. The summed E-state index contributed by atoms with van der Waals surface area (Å²) in [6, 6.07) is 10.0. The number of anilines is 1. The first-order valence-electron chi connectivity index (χ1n) is 16.7. The van der Waals surface area contributed by atoms with E-state index in [0.717, 1.165) is 35.6 Å². The Kier molecular flexibility index (Phi) is 10.5. The number of benzene rings is 2. The van der Waals surface area contributed by atoms with Gasteiger partial charge in [0.1, 0.15) is 23.7 Å². The van der Waals surface area contributed by atoms with Crippen LogP contribution in [0.25, 0.3) is 0 Å². The van der Waals surface area contributed by atoms with Gasteiger partial charge in [-0.15, -0.1) is 0 Å². The molecule has 2 heterocycles. The van der Waals surface area contributed by atoms with E-state index in [0.29, 0.717) is 24.1 Å². The van der Waals surface area contributed by atoms with E-state index < -0.39 is 51.7 Å². The fourth-order valence-corrected chi connectivity index (χ4v) is 8.72. The molecule has 3 N–H and O–H groups in total. The maximum Gasteiger partial charge on any atom is 0.411 e. The molecule has 2 aromatic carbocycles. The van der Waals surface area contributed by atoms with Crippen LogP contribution in [0.2, 0.25) is 0 Å². The van der Waals surface area contributed by atoms with Gasteiger partial charge in [-0.3, -0.25) is 14.5 Å². The van der Waals surface area contributed by atoms with E-state index in [1.807, 2.05) is 6.92 Å². The Morgan fingerprint density at radius 3 is 2.23 bits per heavy atom. The number of sulfonamides is 1. The molecule has 1 saturated carbocycles. The number of rotatable bonds is 9. The number of carbonyl (C=O) groups excluding carboxylic acids is 3. The van der Waals surface area contributed by atoms with Gasteiger partial charge >= 0.3 is 12.1 Å². The van der Waals surface area contributed by atoms with Gasteiger partial charge in [0.2, 0.25) is 21.8 Å². The molecule has 2 aromatic rings. The summed E-state index contributed by atoms with van der Waals surface area (Å²) in [7, 11) is -3.95. The van der Waals surface area contributed by atoms with Crippen LogP contribution in [0.5, 0.6) is 0 Å². The number of hydrogen-bond donors (Lipinski definition) is 3. The van der Waals surface area contributed by atoms with Gasteiger partial charge in [-0.1, -0.05) is 42.7 Å². The van der Waals surface area contributed by atoms with Gasteiger partial charge in [-0.25, -0.2) is 18.0 Å². The van der Waals surface area contributed by atoms with Gasteiger partial charge in [0.15, 0.2) is 0 Å². The minimum Gasteiger partial charge on any atom is -0.480 e. The molecule has 260 valence electrons. The van der Waals surface area contributed by atoms with Crippen LogP contribution < -0.4 is 10.6 Å². The maximum atomic E-state index is 13.5. The molecule has 5 atom stereocenters. The summed E-state index contributed by atoms with van der Waals surface area (Å²) in [5.41, 5.74) is 1.30. The highest BCUT2D eigenvalue weighted by Crippen LogP contribution is 2.41. The molecule has 3 fully saturated rings. The van der Waals surface area contributed by atoms with Crippen LogP contribution in [-0.2, 0) is 35.6 Å². The molecule has 12 nitrogen and oxygen atoms in total. The lowest BCUT2D eigenvalue weighted by molar-refractivity contribution is -0.142. The molecular formula is C35H46N4O8S. The van der Waals surface area contributed by atoms with Crippen LogP contribution in [0.15, 0.2) is 53.4 Å². The van der Waals surface area contributed by atoms with E-state index in [2.05, 4.69) is 10.6 Å². The molecule has 0 radical (unpaired) electrons. The number of aliphatic carboxylic acids is 1. The summed E-state index contributed by atoms with van der Waals surface area (Å²) >= 11 is 0. The third-order valence-corrected chi connectivity index (χ3v) is 11.3. The zero-order valence-corrected chi connectivity index (χ0v) is 28.8. The largest absolute Gasteiger partial charge is 0.480 e. The highest BCUT2D eigenvalue weighted by Gasteiger charge is 2.49. The number of nitrogens with zero attached hydrogens (tertiary/aromatic N) is 2. The predicted octanol–water partition coefficient (Wildman–Crippen LogP) is 4.47. The van der Waals surface area contributed by atoms with Gasteiger partial charge in [0, 0.05) is 24.7 Å². The smallest absolute Gasteiger partial charge is 0.411 e. The Morgan fingerprint density at radius 2 is 1.58 bits per heavy atom. The van der Waals surface area contributed by atoms with Gasteiger partial charge in [-0.2, -0.15) is 4.31 Å². The number of ether oxygens (including phenoxy) is 1. The number of carboxylic acids is 1. The summed E-state index contributed by atoms with van der Waals surface area (Å²) in [5.74, 6) is -1.98. The Hall–Kier alpha value is -3.97. The van der Waals surface area contributed by atoms with Crippen molar-refractivity contribution in [2.24, 2.45) is 5.92 Å². The van der Waals surface area contributed by atoms with E-state index in [-0.39, 0.29) is 42.1 Å². The lowest BCUT2D eigenvalue weighted by Crippen LogP contribution is -2.51. The number of carbonyl (C=O) groups is 4. The number of amides is 3. The van der Waals surface area contributed by atoms with Gasteiger partial charge in [0.05, 0.1) is 4.90 Å². The zero-order chi connectivity index (χ0) is 34.8. The van der Waals surface area contributed by atoms with Crippen molar-refractivity contribution in [3.05, 3.63) is 59.7 Å². The predicted molar refractivity (Wildman–Crippen MR) is 179 cm³/mol. The third kappa shape index (κ3) is 8.00. The average Bonchev–Trinajstić information content (AvgIpc) is 3.67. The van der Waals surface area contributed by atoms with Crippen LogP contribution in [-0.4, -0.2) is 82.9 Å². The van der Waals surface area contributed by atoms with Crippen molar-refractivity contribution in [1.82, 2.24) is 14.5 Å². The molecule has 0 aromatic heterocycles. The molecule has 3 aliphatic rings. The monoisotopic (exact) mass is 682 g/mol. The minimum absolute atomic E-state index is 0.0334. The number of hydrogen-bond acceptors (Lipinski definition) is 7. The molecule has 48 heavy (non-hydrogen) atoms. The van der Waals surface area contributed by atoms with Crippen LogP contribution in [0.4, 0.5) is 10.5 Å². The highest BCUT2D eigenvalue weighted by atomic mass is 32.2. The standard InChI is InChI=1S/C35H46N4O8S/c1-22-11-17-26(18-12-22)48(45,46)38-19-7-10-29(38)31(40)37-27(33(42)43)20-23-13-15-25(16-14-23)36-32(41)30-21-24-8-5-6-9-28(24)39(30)34(44)47-35(2,3)4/h11-18,24,27-30H,5-10,19-21H2,1-4H3,(H,36,41)(H,37,40)(H,42,43)/t24?,27-,28?,29-,30?/m0/s1. The third-order valence-electron chi connectivity index (χ3n) is 9.40. The molecule has 3 unspecified atom stereocenters. The normalized spacial score (nSPS) is 23.6. The molecule has 1 aliphatic carbocycles. The quantitative estimate of drug-likeness (QED) is 0.349. The summed E-state index contributed by atoms with van der Waals surface area (Å²) < 4.78 is 33.4. The van der Waals surface area contributed by atoms with Gasteiger partial charge in [-0.05, 0) is 95.5 Å². The van der Waals surface area contributed by atoms with E-state index in [1.165, 1.54) is 12.1 Å². The molecular weight excluding hydrogens is 636 g/mol. The van der Waals surface area contributed by atoms with Crippen molar-refractivity contribution in [2.75, 3.05) is 11.9 Å². The van der Waals surface area contributed by atoms with Gasteiger partial charge in [0.25, 0.3) is 0 Å². The fraction of sp³-hybridized carbons (Fsp3) is 0.543. The van der Waals surface area contributed by atoms with Crippen LogP contribution in [0.3, 0.4) is 0 Å². The minimum atomic E-state index is -3.95. The molecule has 3 amide bonds. The maximum absolute atomic E-state index is 13.5. The molecule has 0 spiro atoms. The number of nitrogens with one attached hydrogen (secondary N) is 2. The summed E-state index contributed by atoms with van der Waals surface area (Å²) in [4.78, 5) is 53.9. The average molecular weight is 683 g/mol. The summed E-state index contributed by atoms with van der Waals surface area (Å²) in [6.07, 6.45) is 4.67. The molecule has 2 aliphatic heterocycles. The lowest BCUT2D eigenvalue weighted by atomic mass is 9.85. The topological polar surface area (TPSA) is 162 Å². The first kappa shape index (κ1) is 35.3. The Morgan fingerprint density at radius 1 is 0.917 bits per heavy atom. The van der Waals surface area contributed by atoms with Crippen LogP contribution in [0, 0.1) is 12.8 Å². The zero-order valence-electron chi connectivity index (χ0n) is 28.0. The lowest BCUT2D eigenvalue weighted by Gasteiger charge is -2.34. The first-order chi connectivity index (χ1) is 22.6. The Balaban J connectivity index is 1.22. The first-order valence-corrected chi connectivity index (χ1v) is 18.1. The van der Waals surface area contributed by atoms with Crippen molar-refractivity contribution in [3.8, 4) is 0 Å². The second-order valence-electron chi connectivity index (χ2n) is 14.1. The van der Waals surface area contributed by atoms with Crippen LogP contribution in [0.1, 0.15) is 76.8 Å². The van der Waals surface area contributed by atoms with Crippen molar-refractivity contribution in [3.63, 3.8) is 0 Å². The Labute approximate surface area is 282 Å². The SMILES string of the molecule is Cc1ccc(S(=O)(=O)N2CCC[C@H]2C(=O)N[C@@H](Cc2ccc(NC(=O)C3CC4CCCCC4N3C(=O)OC(C)(C)C)cc2)C(=O)O)cc1. The van der Waals surface area contributed by atoms with Gasteiger partial charge < -0.3 is 20.5 Å². The van der Waals surface area contributed by atoms with Crippen molar-refractivity contribution >= 4 is 39.6 Å². The van der Waals surface area contributed by atoms with Crippen LogP contribution >= 0.6 is 0 Å². The van der Waals surface area contributed by atoms with E-state index in [4.69, 9.17) is 4.74 Å². The van der Waals surface area contributed by atoms with E-state index >= 15 is 0 Å². The second kappa shape index (κ2) is 14.3. The number of aryl methyl sites for hydroxylation is 1. The Bertz CT molecular complexity index is 1620. The van der Waals surface area contributed by atoms with Crippen molar-refractivity contribution in [2.45, 2.75) is 114 Å². The number of likely N-dealkylation sites (tertiary alicyclic amines) is 1. The second-order valence-corrected chi connectivity index (χ2v) is 16.0. The van der Waals surface area contributed by atoms with Crippen molar-refractivity contribution < 1.29 is 37.4 Å². The fourth-order valence-electron chi connectivity index (χ4n) is 7.06. The number of fused-ring (bicyclic) bond motifs is 1. The molecule has 13 heteroatoms. The van der Waals surface area contributed by atoms with E-state index in [9.17, 15) is 32.7 Å². The van der Waals surface area contributed by atoms with E-state index in [1.54, 1.807) is 62.1 Å². The number of carboxylic acid groups (broad SMARTS) is 1.